The molecule has 134 valence electrons. The van der Waals surface area contributed by atoms with Crippen LogP contribution in [0.25, 0.3) is 0 Å². The summed E-state index contributed by atoms with van der Waals surface area (Å²) in [6, 6.07) is 18.8. The van der Waals surface area contributed by atoms with Crippen LogP contribution in [0.2, 0.25) is 5.02 Å². The first-order valence-electron chi connectivity index (χ1n) is 8.26. The number of para-hydroxylation sites is 1. The van der Waals surface area contributed by atoms with Gasteiger partial charge >= 0.3 is 0 Å². The maximum Gasteiger partial charge on any atom is 0.191 e. The van der Waals surface area contributed by atoms with Crippen molar-refractivity contribution in [1.29, 1.82) is 0 Å². The number of benzene rings is 2. The Morgan fingerprint density at radius 3 is 2.72 bits per heavy atom. The van der Waals surface area contributed by atoms with Crippen molar-refractivity contribution in [3.8, 4) is 0 Å². The van der Waals surface area contributed by atoms with Gasteiger partial charge in [-0.2, -0.15) is 0 Å². The second kappa shape index (κ2) is 9.87. The Morgan fingerprint density at radius 2 is 2.00 bits per heavy atom. The number of halogens is 2. The number of hydrogen-bond donors (Lipinski definition) is 2. The van der Waals surface area contributed by atoms with Crippen molar-refractivity contribution in [3.05, 3.63) is 65.2 Å². The number of aliphatic imine (C=N–C) groups is 1. The number of hydrogen-bond acceptors (Lipinski definition) is 2. The normalized spacial score (nSPS) is 17.1. The molecule has 0 radical (unpaired) electrons. The van der Waals surface area contributed by atoms with Crippen LogP contribution in [0, 0.1) is 0 Å². The van der Waals surface area contributed by atoms with E-state index >= 15 is 0 Å². The van der Waals surface area contributed by atoms with E-state index in [0.717, 1.165) is 36.1 Å². The summed E-state index contributed by atoms with van der Waals surface area (Å²) in [7, 11) is 1.80. The lowest BCUT2D eigenvalue weighted by Gasteiger charge is -2.20. The van der Waals surface area contributed by atoms with Crippen LogP contribution >= 0.6 is 35.6 Å². The average Bonchev–Trinajstić information content (AvgIpc) is 3.08. The van der Waals surface area contributed by atoms with E-state index in [9.17, 15) is 0 Å². The van der Waals surface area contributed by atoms with Crippen LogP contribution in [0.3, 0.4) is 0 Å². The van der Waals surface area contributed by atoms with Gasteiger partial charge in [0.25, 0.3) is 0 Å². The van der Waals surface area contributed by atoms with Gasteiger partial charge in [-0.05, 0) is 36.2 Å². The van der Waals surface area contributed by atoms with E-state index in [1.54, 1.807) is 7.05 Å². The summed E-state index contributed by atoms with van der Waals surface area (Å²) < 4.78 is 0. The summed E-state index contributed by atoms with van der Waals surface area (Å²) in [6.45, 7) is 2.75. The van der Waals surface area contributed by atoms with Gasteiger partial charge in [-0.3, -0.25) is 4.99 Å². The number of nitrogens with one attached hydrogen (secondary N) is 2. The van der Waals surface area contributed by atoms with E-state index in [1.807, 2.05) is 18.2 Å². The molecule has 0 aromatic heterocycles. The Hall–Kier alpha value is -1.47. The van der Waals surface area contributed by atoms with Crippen LogP contribution in [0.4, 0.5) is 5.69 Å². The van der Waals surface area contributed by atoms with Crippen LogP contribution in [-0.4, -0.2) is 32.1 Å². The Labute approximate surface area is 171 Å². The summed E-state index contributed by atoms with van der Waals surface area (Å²) in [6.07, 6.45) is 1.10. The zero-order valence-corrected chi connectivity index (χ0v) is 17.4. The lowest BCUT2D eigenvalue weighted by molar-refractivity contribution is 0.648. The van der Waals surface area contributed by atoms with Crippen molar-refractivity contribution in [2.24, 2.45) is 4.99 Å². The lowest BCUT2D eigenvalue weighted by Crippen LogP contribution is -2.44. The third-order valence-corrected chi connectivity index (χ3v) is 4.46. The van der Waals surface area contributed by atoms with E-state index in [2.05, 4.69) is 56.9 Å². The van der Waals surface area contributed by atoms with Crippen LogP contribution in [0.5, 0.6) is 0 Å². The summed E-state index contributed by atoms with van der Waals surface area (Å²) in [5.41, 5.74) is 2.42. The molecule has 2 aromatic carbocycles. The molecule has 1 fully saturated rings. The van der Waals surface area contributed by atoms with Crippen molar-refractivity contribution < 1.29 is 0 Å². The fraction of sp³-hybridized carbons (Fsp3) is 0.316. The molecule has 1 saturated heterocycles. The molecule has 1 aliphatic heterocycles. The van der Waals surface area contributed by atoms with Gasteiger partial charge < -0.3 is 15.5 Å². The van der Waals surface area contributed by atoms with Crippen LogP contribution in [-0.2, 0) is 6.54 Å². The quantitative estimate of drug-likeness (QED) is 0.404. The summed E-state index contributed by atoms with van der Waals surface area (Å²) in [5.74, 6) is 0.829. The molecule has 0 amide bonds. The van der Waals surface area contributed by atoms with Crippen molar-refractivity contribution in [2.45, 2.75) is 19.0 Å². The van der Waals surface area contributed by atoms with E-state index in [0.29, 0.717) is 12.6 Å². The van der Waals surface area contributed by atoms with E-state index < -0.39 is 0 Å². The van der Waals surface area contributed by atoms with E-state index in [-0.39, 0.29) is 24.0 Å². The Bertz CT molecular complexity index is 693. The minimum atomic E-state index is 0. The van der Waals surface area contributed by atoms with Crippen molar-refractivity contribution >= 4 is 47.2 Å². The molecule has 4 nitrogen and oxygen atoms in total. The Kier molecular flexibility index (Phi) is 7.84. The van der Waals surface area contributed by atoms with Crippen LogP contribution in [0.1, 0.15) is 12.0 Å². The molecule has 1 unspecified atom stereocenters. The lowest BCUT2D eigenvalue weighted by atomic mass is 10.2. The molecule has 3 rings (SSSR count). The fourth-order valence-electron chi connectivity index (χ4n) is 2.97. The molecule has 1 atom stereocenters. The molecular formula is C19H24ClIN4. The van der Waals surface area contributed by atoms with Gasteiger partial charge in [0, 0.05) is 43.4 Å². The molecule has 2 aromatic rings. The zero-order valence-electron chi connectivity index (χ0n) is 14.3. The standard InChI is InChI=1S/C19H23ClN4.HI/c1-21-19(22-13-15-6-5-7-16(20)12-15)23-17-10-11-24(14-17)18-8-3-2-4-9-18;/h2-9,12,17H,10-11,13-14H2,1H3,(H2,21,22,23);1H. The third-order valence-electron chi connectivity index (χ3n) is 4.22. The molecule has 6 heteroatoms. The van der Waals surface area contributed by atoms with Gasteiger partial charge in [0.2, 0.25) is 0 Å². The predicted molar refractivity (Wildman–Crippen MR) is 117 cm³/mol. The molecule has 0 spiro atoms. The van der Waals surface area contributed by atoms with E-state index in [1.165, 1.54) is 5.69 Å². The third kappa shape index (κ3) is 5.78. The van der Waals surface area contributed by atoms with Gasteiger partial charge in [-0.15, -0.1) is 24.0 Å². The van der Waals surface area contributed by atoms with Crippen LogP contribution in [0.15, 0.2) is 59.6 Å². The highest BCUT2D eigenvalue weighted by Gasteiger charge is 2.23. The Morgan fingerprint density at radius 1 is 1.20 bits per heavy atom. The molecule has 0 bridgehead atoms. The van der Waals surface area contributed by atoms with Gasteiger partial charge in [-0.1, -0.05) is 41.9 Å². The van der Waals surface area contributed by atoms with E-state index in [4.69, 9.17) is 11.6 Å². The zero-order chi connectivity index (χ0) is 16.8. The Balaban J connectivity index is 0.00000225. The monoisotopic (exact) mass is 470 g/mol. The second-order valence-electron chi connectivity index (χ2n) is 5.97. The fourth-order valence-corrected chi connectivity index (χ4v) is 3.18. The highest BCUT2D eigenvalue weighted by atomic mass is 127. The first-order valence-corrected chi connectivity index (χ1v) is 8.64. The average molecular weight is 471 g/mol. The number of nitrogens with zero attached hydrogens (tertiary/aromatic N) is 2. The van der Waals surface area contributed by atoms with Crippen LogP contribution < -0.4 is 15.5 Å². The van der Waals surface area contributed by atoms with Crippen molar-refractivity contribution in [2.75, 3.05) is 25.0 Å². The summed E-state index contributed by atoms with van der Waals surface area (Å²) >= 11 is 6.03. The predicted octanol–water partition coefficient (Wildman–Crippen LogP) is 3.90. The first kappa shape index (κ1) is 19.8. The van der Waals surface area contributed by atoms with Crippen molar-refractivity contribution in [3.63, 3.8) is 0 Å². The number of anilines is 1. The maximum absolute atomic E-state index is 6.03. The molecular weight excluding hydrogens is 447 g/mol. The largest absolute Gasteiger partial charge is 0.369 e. The topological polar surface area (TPSA) is 39.7 Å². The first-order chi connectivity index (χ1) is 11.7. The smallest absolute Gasteiger partial charge is 0.191 e. The van der Waals surface area contributed by atoms with Crippen molar-refractivity contribution in [1.82, 2.24) is 10.6 Å². The molecule has 0 saturated carbocycles. The van der Waals surface area contributed by atoms with Gasteiger partial charge in [0.1, 0.15) is 0 Å². The minimum Gasteiger partial charge on any atom is -0.369 e. The molecule has 1 heterocycles. The molecule has 1 aliphatic rings. The second-order valence-corrected chi connectivity index (χ2v) is 6.40. The molecule has 25 heavy (non-hydrogen) atoms. The summed E-state index contributed by atoms with van der Waals surface area (Å²) in [4.78, 5) is 6.73. The van der Waals surface area contributed by atoms with Gasteiger partial charge in [-0.25, -0.2) is 0 Å². The summed E-state index contributed by atoms with van der Waals surface area (Å²) in [5, 5.41) is 7.63. The highest BCUT2D eigenvalue weighted by Crippen LogP contribution is 2.19. The van der Waals surface area contributed by atoms with Gasteiger partial charge in [0.05, 0.1) is 0 Å². The highest BCUT2D eigenvalue weighted by molar-refractivity contribution is 14.0. The maximum atomic E-state index is 6.03. The minimum absolute atomic E-state index is 0. The SMILES string of the molecule is CN=C(NCc1cccc(Cl)c1)NC1CCN(c2ccccc2)C1.I. The molecule has 0 aliphatic carbocycles. The molecule has 2 N–H and O–H groups in total. The number of guanidine groups is 1. The number of rotatable bonds is 4. The van der Waals surface area contributed by atoms with Gasteiger partial charge in [0.15, 0.2) is 5.96 Å².